The fraction of sp³-hybridized carbons (Fsp3) is 0.154. The van der Waals surface area contributed by atoms with E-state index in [-0.39, 0.29) is 17.4 Å². The highest BCUT2D eigenvalue weighted by Gasteiger charge is 2.10. The molecule has 6 nitrogen and oxygen atoms in total. The summed E-state index contributed by atoms with van der Waals surface area (Å²) in [5, 5.41) is 17.9. The van der Waals surface area contributed by atoms with Gasteiger partial charge in [-0.05, 0) is 24.3 Å². The highest BCUT2D eigenvalue weighted by Crippen LogP contribution is 2.21. The molecular weight excluding hydrogens is 314 g/mol. The van der Waals surface area contributed by atoms with E-state index in [0.717, 1.165) is 4.90 Å². The molecule has 0 radical (unpaired) electrons. The maximum absolute atomic E-state index is 11.7. The molecule has 1 heterocycles. The number of nitrogens with one attached hydrogen (secondary N) is 2. The zero-order valence-corrected chi connectivity index (χ0v) is 12.4. The summed E-state index contributed by atoms with van der Waals surface area (Å²) in [6.45, 7) is 0. The number of aromatic carboxylic acids is 1. The van der Waals surface area contributed by atoms with Gasteiger partial charge in [0.2, 0.25) is 5.91 Å². The molecule has 2 aromatic rings. The first-order chi connectivity index (χ1) is 10.0. The number of benzene rings is 1. The molecule has 0 fully saturated rings. The Labute approximate surface area is 129 Å². The van der Waals surface area contributed by atoms with E-state index in [4.69, 9.17) is 16.7 Å². The SMILES string of the molecule is O=C(CCSc1ccc(Cl)cc1)Nc1cc(C(=O)O)[nH]n1. The van der Waals surface area contributed by atoms with Crippen LogP contribution in [0.4, 0.5) is 5.82 Å². The second kappa shape index (κ2) is 7.14. The van der Waals surface area contributed by atoms with Crippen LogP contribution in [0.2, 0.25) is 5.02 Å². The van der Waals surface area contributed by atoms with Crippen LogP contribution >= 0.6 is 23.4 Å². The Morgan fingerprint density at radius 2 is 2.05 bits per heavy atom. The number of nitrogens with zero attached hydrogens (tertiary/aromatic N) is 1. The first-order valence-electron chi connectivity index (χ1n) is 6.01. The Morgan fingerprint density at radius 1 is 1.33 bits per heavy atom. The van der Waals surface area contributed by atoms with Gasteiger partial charge in [0.25, 0.3) is 0 Å². The molecule has 21 heavy (non-hydrogen) atoms. The van der Waals surface area contributed by atoms with Gasteiger partial charge in [-0.2, -0.15) is 5.10 Å². The molecule has 0 aliphatic carbocycles. The second-order valence-electron chi connectivity index (χ2n) is 4.07. The van der Waals surface area contributed by atoms with Gasteiger partial charge in [-0.15, -0.1) is 11.8 Å². The molecule has 3 N–H and O–H groups in total. The first kappa shape index (κ1) is 15.4. The number of carbonyl (C=O) groups excluding carboxylic acids is 1. The molecule has 0 atom stereocenters. The lowest BCUT2D eigenvalue weighted by molar-refractivity contribution is -0.115. The predicted molar refractivity (Wildman–Crippen MR) is 81.0 cm³/mol. The van der Waals surface area contributed by atoms with Crippen LogP contribution < -0.4 is 5.32 Å². The van der Waals surface area contributed by atoms with Gasteiger partial charge in [-0.3, -0.25) is 9.89 Å². The molecule has 0 unspecified atom stereocenters. The monoisotopic (exact) mass is 325 g/mol. The van der Waals surface area contributed by atoms with E-state index in [0.29, 0.717) is 17.2 Å². The number of thioether (sulfide) groups is 1. The van der Waals surface area contributed by atoms with Crippen LogP contribution in [0.3, 0.4) is 0 Å². The van der Waals surface area contributed by atoms with Crippen molar-refractivity contribution >= 4 is 41.1 Å². The number of aromatic amines is 1. The molecule has 0 spiro atoms. The molecule has 8 heteroatoms. The normalized spacial score (nSPS) is 10.3. The van der Waals surface area contributed by atoms with Crippen LogP contribution in [0, 0.1) is 0 Å². The van der Waals surface area contributed by atoms with Crippen LogP contribution in [0.1, 0.15) is 16.9 Å². The number of hydrogen-bond donors (Lipinski definition) is 3. The summed E-state index contributed by atoms with van der Waals surface area (Å²) in [5.74, 6) is -0.543. The third-order valence-corrected chi connectivity index (χ3v) is 3.75. The maximum Gasteiger partial charge on any atom is 0.353 e. The average molecular weight is 326 g/mol. The molecule has 0 bridgehead atoms. The highest BCUT2D eigenvalue weighted by molar-refractivity contribution is 7.99. The molecule has 0 saturated heterocycles. The van der Waals surface area contributed by atoms with Gasteiger partial charge in [0.1, 0.15) is 5.69 Å². The third kappa shape index (κ3) is 4.80. The van der Waals surface area contributed by atoms with E-state index in [1.807, 2.05) is 12.1 Å². The van der Waals surface area contributed by atoms with E-state index in [1.165, 1.54) is 17.8 Å². The molecule has 1 aromatic carbocycles. The number of H-pyrrole nitrogens is 1. The van der Waals surface area contributed by atoms with E-state index < -0.39 is 5.97 Å². The van der Waals surface area contributed by atoms with Crippen molar-refractivity contribution < 1.29 is 14.7 Å². The summed E-state index contributed by atoms with van der Waals surface area (Å²) in [5.41, 5.74) is -0.0687. The van der Waals surface area contributed by atoms with Crippen molar-refractivity contribution in [1.82, 2.24) is 10.2 Å². The average Bonchev–Trinajstić information content (AvgIpc) is 2.90. The Morgan fingerprint density at radius 3 is 2.67 bits per heavy atom. The quantitative estimate of drug-likeness (QED) is 0.710. The molecular formula is C13H12ClN3O3S. The smallest absolute Gasteiger partial charge is 0.353 e. The number of carboxylic acids is 1. The fourth-order valence-electron chi connectivity index (χ4n) is 1.49. The van der Waals surface area contributed by atoms with Crippen molar-refractivity contribution in [3.8, 4) is 0 Å². The Bertz CT molecular complexity index is 642. The second-order valence-corrected chi connectivity index (χ2v) is 5.68. The highest BCUT2D eigenvalue weighted by atomic mass is 35.5. The summed E-state index contributed by atoms with van der Waals surface area (Å²) >= 11 is 7.32. The molecule has 2 rings (SSSR count). The van der Waals surface area contributed by atoms with Gasteiger partial charge < -0.3 is 10.4 Å². The van der Waals surface area contributed by atoms with E-state index in [1.54, 1.807) is 12.1 Å². The Balaban J connectivity index is 1.76. The standard InChI is InChI=1S/C13H12ClN3O3S/c14-8-1-3-9(4-2-8)21-6-5-12(18)15-11-7-10(13(19)20)16-17-11/h1-4,7H,5-6H2,(H,19,20)(H2,15,16,17,18). The minimum Gasteiger partial charge on any atom is -0.477 e. The van der Waals surface area contributed by atoms with Gasteiger partial charge >= 0.3 is 5.97 Å². The lowest BCUT2D eigenvalue weighted by Crippen LogP contribution is -2.12. The van der Waals surface area contributed by atoms with Gasteiger partial charge in [-0.25, -0.2) is 4.79 Å². The van der Waals surface area contributed by atoms with Crippen LogP contribution in [-0.4, -0.2) is 32.9 Å². The molecule has 1 amide bonds. The fourth-order valence-corrected chi connectivity index (χ4v) is 2.47. The Hall–Kier alpha value is -1.99. The summed E-state index contributed by atoms with van der Waals surface area (Å²) in [7, 11) is 0. The number of rotatable bonds is 6. The van der Waals surface area contributed by atoms with Gasteiger partial charge in [0.15, 0.2) is 5.82 Å². The molecule has 0 saturated carbocycles. The third-order valence-electron chi connectivity index (χ3n) is 2.49. The molecule has 0 aliphatic heterocycles. The number of halogens is 1. The lowest BCUT2D eigenvalue weighted by Gasteiger charge is -2.02. The number of anilines is 1. The zero-order chi connectivity index (χ0) is 15.2. The minimum atomic E-state index is -1.12. The van der Waals surface area contributed by atoms with Crippen molar-refractivity contribution in [2.45, 2.75) is 11.3 Å². The maximum atomic E-state index is 11.7. The van der Waals surface area contributed by atoms with Gasteiger partial charge in [0.05, 0.1) is 0 Å². The zero-order valence-electron chi connectivity index (χ0n) is 10.8. The number of carboxylic acid groups (broad SMARTS) is 1. The summed E-state index contributed by atoms with van der Waals surface area (Å²) < 4.78 is 0. The van der Waals surface area contributed by atoms with E-state index in [9.17, 15) is 9.59 Å². The summed E-state index contributed by atoms with van der Waals surface area (Å²) in [6.07, 6.45) is 0.294. The Kier molecular flexibility index (Phi) is 5.24. The van der Waals surface area contributed by atoms with Crippen molar-refractivity contribution in [3.05, 3.63) is 41.0 Å². The lowest BCUT2D eigenvalue weighted by atomic mass is 10.4. The van der Waals surface area contributed by atoms with Crippen molar-refractivity contribution in [3.63, 3.8) is 0 Å². The molecule has 0 aliphatic rings. The first-order valence-corrected chi connectivity index (χ1v) is 7.38. The van der Waals surface area contributed by atoms with E-state index >= 15 is 0 Å². The minimum absolute atomic E-state index is 0.0687. The summed E-state index contributed by atoms with van der Waals surface area (Å²) in [4.78, 5) is 23.4. The van der Waals surface area contributed by atoms with Crippen molar-refractivity contribution in [1.29, 1.82) is 0 Å². The number of hydrogen-bond acceptors (Lipinski definition) is 4. The molecule has 110 valence electrons. The van der Waals surface area contributed by atoms with Gasteiger partial charge in [-0.1, -0.05) is 11.6 Å². The number of aromatic nitrogens is 2. The van der Waals surface area contributed by atoms with Gasteiger partial charge in [0, 0.05) is 28.2 Å². The van der Waals surface area contributed by atoms with Crippen LogP contribution in [-0.2, 0) is 4.79 Å². The van der Waals surface area contributed by atoms with Crippen LogP contribution in [0.5, 0.6) is 0 Å². The van der Waals surface area contributed by atoms with Crippen molar-refractivity contribution in [2.24, 2.45) is 0 Å². The number of amides is 1. The van der Waals surface area contributed by atoms with Crippen LogP contribution in [0.15, 0.2) is 35.2 Å². The molecule has 1 aromatic heterocycles. The van der Waals surface area contributed by atoms with Crippen LogP contribution in [0.25, 0.3) is 0 Å². The van der Waals surface area contributed by atoms with E-state index in [2.05, 4.69) is 15.5 Å². The predicted octanol–water partition coefficient (Wildman–Crippen LogP) is 2.88. The largest absolute Gasteiger partial charge is 0.477 e. The topological polar surface area (TPSA) is 95.1 Å². The summed E-state index contributed by atoms with van der Waals surface area (Å²) in [6, 6.07) is 8.63. The van der Waals surface area contributed by atoms with Crippen molar-refractivity contribution in [2.75, 3.05) is 11.1 Å². The number of carbonyl (C=O) groups is 2.